The van der Waals surface area contributed by atoms with E-state index in [1.54, 1.807) is 29.5 Å². The van der Waals surface area contributed by atoms with Crippen LogP contribution in [0.1, 0.15) is 4.88 Å². The fourth-order valence-electron chi connectivity index (χ4n) is 1.41. The van der Waals surface area contributed by atoms with Crippen LogP contribution in [0.3, 0.4) is 0 Å². The van der Waals surface area contributed by atoms with Crippen LogP contribution in [0, 0.1) is 0 Å². The molecule has 1 aromatic heterocycles. The molecular weight excluding hydrogens is 244 g/mol. The molecule has 0 aliphatic carbocycles. The minimum absolute atomic E-state index is 0.166. The SMILES string of the molecule is FC(F)Oc1ccccc1NCc1cccs1. The lowest BCUT2D eigenvalue weighted by atomic mass is 10.3. The molecular formula is C12H11F2NOS. The van der Waals surface area contributed by atoms with Crippen LogP contribution in [-0.4, -0.2) is 6.61 Å². The smallest absolute Gasteiger partial charge is 0.387 e. The van der Waals surface area contributed by atoms with E-state index in [0.717, 1.165) is 4.88 Å². The minimum Gasteiger partial charge on any atom is -0.433 e. The molecule has 1 aromatic carbocycles. The molecule has 0 saturated heterocycles. The zero-order valence-corrected chi connectivity index (χ0v) is 9.71. The molecule has 0 radical (unpaired) electrons. The van der Waals surface area contributed by atoms with Gasteiger partial charge in [0.2, 0.25) is 0 Å². The van der Waals surface area contributed by atoms with Gasteiger partial charge in [0, 0.05) is 11.4 Å². The molecule has 0 saturated carbocycles. The first-order valence-electron chi connectivity index (χ1n) is 5.06. The topological polar surface area (TPSA) is 21.3 Å². The van der Waals surface area contributed by atoms with Crippen LogP contribution in [0.25, 0.3) is 0 Å². The second-order valence-electron chi connectivity index (χ2n) is 3.31. The van der Waals surface area contributed by atoms with Gasteiger partial charge in [-0.25, -0.2) is 0 Å². The Morgan fingerprint density at radius 1 is 1.18 bits per heavy atom. The van der Waals surface area contributed by atoms with E-state index in [2.05, 4.69) is 10.1 Å². The molecule has 90 valence electrons. The molecule has 0 atom stereocenters. The number of rotatable bonds is 5. The van der Waals surface area contributed by atoms with Crippen molar-refractivity contribution in [2.45, 2.75) is 13.2 Å². The summed E-state index contributed by atoms with van der Waals surface area (Å²) in [4.78, 5) is 1.14. The summed E-state index contributed by atoms with van der Waals surface area (Å²) in [6.07, 6.45) is 0. The predicted molar refractivity (Wildman–Crippen MR) is 64.7 cm³/mol. The number of hydrogen-bond acceptors (Lipinski definition) is 3. The Morgan fingerprint density at radius 3 is 2.71 bits per heavy atom. The average Bonchev–Trinajstić information content (AvgIpc) is 2.80. The van der Waals surface area contributed by atoms with Crippen LogP contribution in [0.2, 0.25) is 0 Å². The maximum Gasteiger partial charge on any atom is 0.387 e. The normalized spacial score (nSPS) is 10.5. The van der Waals surface area contributed by atoms with E-state index < -0.39 is 6.61 Å². The standard InChI is InChI=1S/C12H11F2NOS/c13-12(14)16-11-6-2-1-5-10(11)15-8-9-4-3-7-17-9/h1-7,12,15H,8H2. The number of ether oxygens (including phenoxy) is 1. The van der Waals surface area contributed by atoms with Gasteiger partial charge in [0.05, 0.1) is 5.69 Å². The number of benzene rings is 1. The van der Waals surface area contributed by atoms with E-state index in [9.17, 15) is 8.78 Å². The maximum absolute atomic E-state index is 12.2. The Hall–Kier alpha value is -1.62. The molecule has 0 aliphatic heterocycles. The number of halogens is 2. The molecule has 2 rings (SSSR count). The van der Waals surface area contributed by atoms with Crippen LogP contribution in [0.15, 0.2) is 41.8 Å². The van der Waals surface area contributed by atoms with Crippen molar-refractivity contribution in [1.29, 1.82) is 0 Å². The van der Waals surface area contributed by atoms with E-state index in [-0.39, 0.29) is 5.75 Å². The number of hydrogen-bond donors (Lipinski definition) is 1. The average molecular weight is 255 g/mol. The molecule has 5 heteroatoms. The Morgan fingerprint density at radius 2 is 2.00 bits per heavy atom. The van der Waals surface area contributed by atoms with Crippen molar-refractivity contribution in [3.63, 3.8) is 0 Å². The number of nitrogens with one attached hydrogen (secondary N) is 1. The van der Waals surface area contributed by atoms with Gasteiger partial charge in [0.1, 0.15) is 5.75 Å². The van der Waals surface area contributed by atoms with Gasteiger partial charge >= 0.3 is 6.61 Å². The molecule has 2 nitrogen and oxygen atoms in total. The third-order valence-electron chi connectivity index (χ3n) is 2.14. The van der Waals surface area contributed by atoms with E-state index >= 15 is 0 Å². The summed E-state index contributed by atoms with van der Waals surface area (Å²) in [6, 6.07) is 10.6. The molecule has 0 bridgehead atoms. The second-order valence-corrected chi connectivity index (χ2v) is 4.34. The van der Waals surface area contributed by atoms with Crippen molar-refractivity contribution in [1.82, 2.24) is 0 Å². The summed E-state index contributed by atoms with van der Waals surface area (Å²) < 4.78 is 28.8. The first-order valence-corrected chi connectivity index (χ1v) is 5.94. The van der Waals surface area contributed by atoms with Gasteiger partial charge < -0.3 is 10.1 Å². The maximum atomic E-state index is 12.2. The molecule has 1 heterocycles. The summed E-state index contributed by atoms with van der Waals surface area (Å²) in [6.45, 7) is -2.21. The van der Waals surface area contributed by atoms with E-state index in [0.29, 0.717) is 12.2 Å². The molecule has 0 amide bonds. The first kappa shape index (κ1) is 11.9. The number of anilines is 1. The molecule has 0 fully saturated rings. The lowest BCUT2D eigenvalue weighted by molar-refractivity contribution is -0.0493. The quantitative estimate of drug-likeness (QED) is 0.873. The number of para-hydroxylation sites is 2. The van der Waals surface area contributed by atoms with Gasteiger partial charge in [-0.3, -0.25) is 0 Å². The van der Waals surface area contributed by atoms with Gasteiger partial charge in [-0.1, -0.05) is 18.2 Å². The monoisotopic (exact) mass is 255 g/mol. The van der Waals surface area contributed by atoms with Crippen LogP contribution in [-0.2, 0) is 6.54 Å². The van der Waals surface area contributed by atoms with Crippen LogP contribution in [0.5, 0.6) is 5.75 Å². The second kappa shape index (κ2) is 5.63. The minimum atomic E-state index is -2.81. The lowest BCUT2D eigenvalue weighted by Crippen LogP contribution is -2.05. The Kier molecular flexibility index (Phi) is 3.93. The summed E-state index contributed by atoms with van der Waals surface area (Å²) in [5.41, 5.74) is 0.571. The summed E-state index contributed by atoms with van der Waals surface area (Å²) in [5, 5.41) is 5.04. The number of alkyl halides is 2. The lowest BCUT2D eigenvalue weighted by Gasteiger charge is -2.11. The zero-order chi connectivity index (χ0) is 12.1. The van der Waals surface area contributed by atoms with Crippen molar-refractivity contribution in [2.24, 2.45) is 0 Å². The van der Waals surface area contributed by atoms with Gasteiger partial charge in [-0.15, -0.1) is 11.3 Å². The molecule has 0 spiro atoms. The highest BCUT2D eigenvalue weighted by Gasteiger charge is 2.08. The van der Waals surface area contributed by atoms with Crippen LogP contribution in [0.4, 0.5) is 14.5 Å². The van der Waals surface area contributed by atoms with Gasteiger partial charge in [0.15, 0.2) is 0 Å². The molecule has 0 unspecified atom stereocenters. The Balaban J connectivity index is 2.04. The van der Waals surface area contributed by atoms with E-state index in [1.807, 2.05) is 17.5 Å². The van der Waals surface area contributed by atoms with Gasteiger partial charge in [-0.05, 0) is 23.6 Å². The van der Waals surface area contributed by atoms with Crippen LogP contribution < -0.4 is 10.1 Å². The van der Waals surface area contributed by atoms with Crippen LogP contribution >= 0.6 is 11.3 Å². The van der Waals surface area contributed by atoms with Crippen molar-refractivity contribution in [2.75, 3.05) is 5.32 Å². The highest BCUT2D eigenvalue weighted by Crippen LogP contribution is 2.26. The molecule has 1 N–H and O–H groups in total. The van der Waals surface area contributed by atoms with E-state index in [1.165, 1.54) is 6.07 Å². The highest BCUT2D eigenvalue weighted by atomic mass is 32.1. The molecule has 0 aliphatic rings. The molecule has 17 heavy (non-hydrogen) atoms. The van der Waals surface area contributed by atoms with E-state index in [4.69, 9.17) is 0 Å². The number of thiophene rings is 1. The molecule has 2 aromatic rings. The largest absolute Gasteiger partial charge is 0.433 e. The first-order chi connectivity index (χ1) is 8.25. The Labute approximate surface area is 102 Å². The van der Waals surface area contributed by atoms with Crippen molar-refractivity contribution in [3.05, 3.63) is 46.7 Å². The summed E-state index contributed by atoms with van der Waals surface area (Å²) >= 11 is 1.61. The van der Waals surface area contributed by atoms with Gasteiger partial charge in [-0.2, -0.15) is 8.78 Å². The van der Waals surface area contributed by atoms with Crippen molar-refractivity contribution >= 4 is 17.0 Å². The predicted octanol–water partition coefficient (Wildman–Crippen LogP) is 3.96. The van der Waals surface area contributed by atoms with Crippen molar-refractivity contribution < 1.29 is 13.5 Å². The van der Waals surface area contributed by atoms with Crippen molar-refractivity contribution in [3.8, 4) is 5.75 Å². The van der Waals surface area contributed by atoms with Gasteiger partial charge in [0.25, 0.3) is 0 Å². The third kappa shape index (κ3) is 3.42. The summed E-state index contributed by atoms with van der Waals surface area (Å²) in [5.74, 6) is 0.166. The summed E-state index contributed by atoms with van der Waals surface area (Å²) in [7, 11) is 0. The fourth-order valence-corrected chi connectivity index (χ4v) is 2.05. The zero-order valence-electron chi connectivity index (χ0n) is 8.90. The highest BCUT2D eigenvalue weighted by molar-refractivity contribution is 7.09. The third-order valence-corrected chi connectivity index (χ3v) is 3.01. The Bertz CT molecular complexity index is 459. The fraction of sp³-hybridized carbons (Fsp3) is 0.167.